The highest BCUT2D eigenvalue weighted by Crippen LogP contribution is 2.13. The van der Waals surface area contributed by atoms with Gasteiger partial charge < -0.3 is 61.9 Å². The summed E-state index contributed by atoms with van der Waals surface area (Å²) in [4.78, 5) is 32.7. The van der Waals surface area contributed by atoms with E-state index < -0.39 is 17.7 Å². The van der Waals surface area contributed by atoms with Crippen molar-refractivity contribution in [2.24, 2.45) is 0 Å². The number of carbonyl (C=O) groups is 3. The minimum Gasteiger partial charge on any atom is -0.476 e. The van der Waals surface area contributed by atoms with Crippen LogP contribution in [0.3, 0.4) is 0 Å². The Balaban J connectivity index is 3.11. The number of rotatable bonds is 52. The van der Waals surface area contributed by atoms with Crippen molar-refractivity contribution in [2.45, 2.75) is 110 Å². The van der Waals surface area contributed by atoms with E-state index in [1.165, 1.54) is 83.5 Å². The summed E-state index contributed by atoms with van der Waals surface area (Å²) in [6, 6.07) is 0. The quantitative estimate of drug-likeness (QED) is 0.0451. The number of carboxylic acid groups (broad SMARTS) is 1. The van der Waals surface area contributed by atoms with E-state index in [-0.39, 0.29) is 26.1 Å². The van der Waals surface area contributed by atoms with Gasteiger partial charge in [-0.25, -0.2) is 4.79 Å². The van der Waals surface area contributed by atoms with Crippen molar-refractivity contribution >= 4 is 17.7 Å². The van der Waals surface area contributed by atoms with Crippen molar-refractivity contribution < 1.29 is 76.3 Å². The number of ketones is 1. The summed E-state index contributed by atoms with van der Waals surface area (Å²) in [7, 11) is 0. The highest BCUT2D eigenvalue weighted by atomic mass is 16.6. The van der Waals surface area contributed by atoms with Gasteiger partial charge in [-0.15, -0.1) is 0 Å². The van der Waals surface area contributed by atoms with Gasteiger partial charge in [0.25, 0.3) is 0 Å². The van der Waals surface area contributed by atoms with Gasteiger partial charge in [0.05, 0.1) is 145 Å². The first-order valence-electron chi connectivity index (χ1n) is 22.3. The zero-order valence-corrected chi connectivity index (χ0v) is 36.6. The lowest BCUT2D eigenvalue weighted by molar-refractivity contribution is -0.151. The molecule has 0 saturated heterocycles. The lowest BCUT2D eigenvalue weighted by Crippen LogP contribution is -2.17. The van der Waals surface area contributed by atoms with E-state index in [9.17, 15) is 14.4 Å². The highest BCUT2D eigenvalue weighted by Gasteiger charge is 2.14. The summed E-state index contributed by atoms with van der Waals surface area (Å²) < 4.78 is 65.2. The van der Waals surface area contributed by atoms with Gasteiger partial charge in [0, 0.05) is 13.0 Å². The first-order chi connectivity index (χ1) is 29.1. The van der Waals surface area contributed by atoms with Crippen molar-refractivity contribution in [1.82, 2.24) is 0 Å². The molecule has 0 saturated carbocycles. The molecule has 0 aromatic rings. The Bertz CT molecular complexity index is 881. The van der Waals surface area contributed by atoms with E-state index in [1.807, 2.05) is 0 Å². The Labute approximate surface area is 355 Å². The van der Waals surface area contributed by atoms with Crippen molar-refractivity contribution in [3.63, 3.8) is 0 Å². The van der Waals surface area contributed by atoms with Crippen molar-refractivity contribution in [2.75, 3.05) is 152 Å². The fourth-order valence-electron chi connectivity index (χ4n) is 5.31. The molecule has 0 fully saturated rings. The monoisotopic (exact) mass is 855 g/mol. The molecule has 16 nitrogen and oxygen atoms in total. The van der Waals surface area contributed by atoms with Crippen LogP contribution >= 0.6 is 0 Å². The molecule has 1 N–H and O–H groups in total. The standard InChI is InChI=1S/C43H82O16/c1-2-3-4-5-6-7-8-9-10-11-12-13-14-15-18-48-19-20-49-21-22-50-23-24-51-25-26-52-27-28-53-29-30-54-31-32-55-33-34-56-35-36-57-37-38-58-39-40-59-42(45)17-16-41(44)43(46)47/h2-40H2,1H3,(H,46,47). The summed E-state index contributed by atoms with van der Waals surface area (Å²) in [5.41, 5.74) is 0. The van der Waals surface area contributed by atoms with Gasteiger partial charge in [0.2, 0.25) is 5.78 Å². The molecule has 59 heavy (non-hydrogen) atoms. The smallest absolute Gasteiger partial charge is 0.372 e. The molecule has 0 aromatic carbocycles. The van der Waals surface area contributed by atoms with E-state index in [0.717, 1.165) is 13.0 Å². The molecule has 0 aliphatic rings. The Morgan fingerprint density at radius 2 is 0.542 bits per heavy atom. The van der Waals surface area contributed by atoms with Gasteiger partial charge >= 0.3 is 11.9 Å². The minimum absolute atomic E-state index is 0.0148. The number of esters is 1. The van der Waals surface area contributed by atoms with Gasteiger partial charge in [-0.05, 0) is 6.42 Å². The van der Waals surface area contributed by atoms with E-state index in [1.54, 1.807) is 0 Å². The Hall–Kier alpha value is -1.83. The zero-order chi connectivity index (χ0) is 42.8. The maximum absolute atomic E-state index is 11.4. The number of hydrogen-bond acceptors (Lipinski definition) is 15. The topological polar surface area (TPSA) is 182 Å². The van der Waals surface area contributed by atoms with Crippen LogP contribution in [0.4, 0.5) is 0 Å². The fourth-order valence-corrected chi connectivity index (χ4v) is 5.31. The molecule has 0 aliphatic carbocycles. The number of ether oxygens (including phenoxy) is 12. The van der Waals surface area contributed by atoms with Crippen LogP contribution < -0.4 is 0 Å². The fraction of sp³-hybridized carbons (Fsp3) is 0.930. The van der Waals surface area contributed by atoms with Crippen LogP contribution in [0.2, 0.25) is 0 Å². The molecule has 16 heteroatoms. The van der Waals surface area contributed by atoms with Crippen LogP contribution in [-0.4, -0.2) is 175 Å². The number of unbranched alkanes of at least 4 members (excludes halogenated alkanes) is 13. The number of Topliss-reactive ketones (excluding diaryl/α,β-unsaturated/α-hetero) is 1. The predicted octanol–water partition coefficient (Wildman–Crippen LogP) is 5.63. The summed E-state index contributed by atoms with van der Waals surface area (Å²) in [6.45, 7) is 12.9. The molecular formula is C43H82O16. The molecule has 0 unspecified atom stereocenters. The van der Waals surface area contributed by atoms with E-state index in [2.05, 4.69) is 6.92 Å². The average molecular weight is 855 g/mol. The molecule has 0 radical (unpaired) electrons. The van der Waals surface area contributed by atoms with Crippen molar-refractivity contribution in [3.05, 3.63) is 0 Å². The van der Waals surface area contributed by atoms with E-state index in [0.29, 0.717) is 132 Å². The lowest BCUT2D eigenvalue weighted by atomic mass is 10.0. The van der Waals surface area contributed by atoms with Crippen LogP contribution in [0.5, 0.6) is 0 Å². The number of hydrogen-bond donors (Lipinski definition) is 1. The molecule has 350 valence electrons. The Kier molecular flexibility index (Phi) is 49.0. The molecule has 0 aliphatic heterocycles. The molecular weight excluding hydrogens is 772 g/mol. The SMILES string of the molecule is CCCCCCCCCCCCCCCCOCCOCCOCCOCCOCCOCCOCCOCCOCCOCCOCCOC(=O)CCC(=O)C(=O)O. The third-order valence-corrected chi connectivity index (χ3v) is 8.65. The molecule has 0 atom stereocenters. The number of aliphatic carboxylic acids is 1. The summed E-state index contributed by atoms with van der Waals surface area (Å²) in [5, 5.41) is 8.46. The maximum Gasteiger partial charge on any atom is 0.372 e. The van der Waals surface area contributed by atoms with Crippen LogP contribution in [0, 0.1) is 0 Å². The highest BCUT2D eigenvalue weighted by molar-refractivity contribution is 6.32. The average Bonchev–Trinajstić information content (AvgIpc) is 3.23. The van der Waals surface area contributed by atoms with Gasteiger partial charge in [0.1, 0.15) is 6.61 Å². The van der Waals surface area contributed by atoms with E-state index >= 15 is 0 Å². The summed E-state index contributed by atoms with van der Waals surface area (Å²) in [5.74, 6) is -3.23. The number of carbonyl (C=O) groups excluding carboxylic acids is 2. The van der Waals surface area contributed by atoms with Crippen LogP contribution in [0.1, 0.15) is 110 Å². The van der Waals surface area contributed by atoms with Crippen molar-refractivity contribution in [1.29, 1.82) is 0 Å². The molecule has 0 bridgehead atoms. The maximum atomic E-state index is 11.4. The molecule has 0 spiro atoms. The molecule has 0 amide bonds. The second-order valence-electron chi connectivity index (χ2n) is 13.8. The zero-order valence-electron chi connectivity index (χ0n) is 36.6. The van der Waals surface area contributed by atoms with Gasteiger partial charge in [-0.2, -0.15) is 0 Å². The van der Waals surface area contributed by atoms with Gasteiger partial charge in [-0.1, -0.05) is 90.4 Å². The first-order valence-corrected chi connectivity index (χ1v) is 22.3. The third kappa shape index (κ3) is 50.4. The summed E-state index contributed by atoms with van der Waals surface area (Å²) in [6.07, 6.45) is 18.5. The second kappa shape index (κ2) is 50.5. The van der Waals surface area contributed by atoms with Gasteiger partial charge in [-0.3, -0.25) is 9.59 Å². The molecule has 0 heterocycles. The normalized spacial score (nSPS) is 11.4. The minimum atomic E-state index is -1.56. The predicted molar refractivity (Wildman–Crippen MR) is 222 cm³/mol. The Morgan fingerprint density at radius 3 is 0.814 bits per heavy atom. The molecule has 0 rings (SSSR count). The third-order valence-electron chi connectivity index (χ3n) is 8.65. The van der Waals surface area contributed by atoms with Crippen LogP contribution in [0.25, 0.3) is 0 Å². The van der Waals surface area contributed by atoms with Gasteiger partial charge in [0.15, 0.2) is 0 Å². The van der Waals surface area contributed by atoms with Crippen LogP contribution in [-0.2, 0) is 71.2 Å². The van der Waals surface area contributed by atoms with Crippen molar-refractivity contribution in [3.8, 4) is 0 Å². The van der Waals surface area contributed by atoms with E-state index in [4.69, 9.17) is 61.9 Å². The largest absolute Gasteiger partial charge is 0.476 e. The van der Waals surface area contributed by atoms with Crippen LogP contribution in [0.15, 0.2) is 0 Å². The second-order valence-corrected chi connectivity index (χ2v) is 13.8. The Morgan fingerprint density at radius 1 is 0.305 bits per heavy atom. The number of carboxylic acids is 1. The summed E-state index contributed by atoms with van der Waals surface area (Å²) >= 11 is 0. The first kappa shape index (κ1) is 57.2. The molecule has 0 aromatic heterocycles. The lowest BCUT2D eigenvalue weighted by Gasteiger charge is -2.09.